The van der Waals surface area contributed by atoms with E-state index in [1.54, 1.807) is 0 Å². The van der Waals surface area contributed by atoms with Gasteiger partial charge < -0.3 is 21.3 Å². The van der Waals surface area contributed by atoms with Gasteiger partial charge in [-0.25, -0.2) is 9.97 Å². The Hall–Kier alpha value is -1.86. The smallest absolute Gasteiger partial charge is 0.159 e. The molecular formula is C17H23BrN6. The first-order chi connectivity index (χ1) is 11.7. The Morgan fingerprint density at radius 3 is 2.50 bits per heavy atom. The summed E-state index contributed by atoms with van der Waals surface area (Å²) in [4.78, 5) is 11.0. The highest BCUT2D eigenvalue weighted by atomic mass is 79.9. The van der Waals surface area contributed by atoms with E-state index in [0.717, 1.165) is 23.2 Å². The molecule has 0 saturated carbocycles. The number of piperidine rings is 1. The topological polar surface area (TPSA) is 79.1 Å². The summed E-state index contributed by atoms with van der Waals surface area (Å²) in [7, 11) is 0. The molecule has 4 N–H and O–H groups in total. The zero-order valence-electron chi connectivity index (χ0n) is 13.6. The zero-order chi connectivity index (χ0) is 16.8. The fraction of sp³-hybridized carbons (Fsp3) is 0.412. The van der Waals surface area contributed by atoms with Gasteiger partial charge >= 0.3 is 0 Å². The van der Waals surface area contributed by atoms with Gasteiger partial charge in [0.2, 0.25) is 0 Å². The maximum atomic E-state index is 6.21. The van der Waals surface area contributed by atoms with Crippen LogP contribution in [-0.4, -0.2) is 41.0 Å². The van der Waals surface area contributed by atoms with E-state index in [1.165, 1.54) is 38.7 Å². The number of anilines is 4. The number of nitrogens with zero attached hydrogens (tertiary/aromatic N) is 3. The standard InChI is InChI=1S/C17H23BrN6/c18-13-4-6-14(7-5-13)23-17-15(19)16(21-12-22-17)20-8-11-24-9-2-1-3-10-24/h4-7,12H,1-3,8-11,19H2,(H2,20,21,22,23). The number of halogens is 1. The quantitative estimate of drug-likeness (QED) is 0.700. The molecule has 2 aromatic rings. The zero-order valence-corrected chi connectivity index (χ0v) is 15.2. The number of rotatable bonds is 6. The van der Waals surface area contributed by atoms with E-state index in [2.05, 4.69) is 41.4 Å². The summed E-state index contributed by atoms with van der Waals surface area (Å²) in [6, 6.07) is 7.87. The molecule has 0 spiro atoms. The Balaban J connectivity index is 1.59. The number of aromatic nitrogens is 2. The number of nitrogen functional groups attached to an aromatic ring is 1. The normalized spacial score (nSPS) is 15.2. The van der Waals surface area contributed by atoms with Crippen LogP contribution in [0.15, 0.2) is 35.1 Å². The van der Waals surface area contributed by atoms with Crippen LogP contribution in [0.4, 0.5) is 23.0 Å². The van der Waals surface area contributed by atoms with Crippen molar-refractivity contribution >= 4 is 38.9 Å². The van der Waals surface area contributed by atoms with Crippen molar-refractivity contribution in [2.45, 2.75) is 19.3 Å². The predicted molar refractivity (Wildman–Crippen MR) is 103 cm³/mol. The maximum Gasteiger partial charge on any atom is 0.159 e. The van der Waals surface area contributed by atoms with E-state index in [9.17, 15) is 0 Å². The summed E-state index contributed by atoms with van der Waals surface area (Å²) >= 11 is 3.43. The van der Waals surface area contributed by atoms with Gasteiger partial charge in [0.05, 0.1) is 0 Å². The first kappa shape index (κ1) is 17.0. The lowest BCUT2D eigenvalue weighted by Crippen LogP contribution is -2.33. The monoisotopic (exact) mass is 390 g/mol. The number of nitrogens with one attached hydrogen (secondary N) is 2. The molecule has 0 amide bonds. The molecule has 1 aromatic heterocycles. The molecule has 24 heavy (non-hydrogen) atoms. The minimum atomic E-state index is 0.541. The van der Waals surface area contributed by atoms with Crippen LogP contribution in [0.5, 0.6) is 0 Å². The van der Waals surface area contributed by atoms with E-state index in [0.29, 0.717) is 17.3 Å². The lowest BCUT2D eigenvalue weighted by atomic mass is 10.1. The average molecular weight is 391 g/mol. The molecule has 1 aliphatic rings. The molecule has 0 atom stereocenters. The van der Waals surface area contributed by atoms with Gasteiger partial charge in [-0.1, -0.05) is 22.4 Å². The first-order valence-corrected chi connectivity index (χ1v) is 9.11. The van der Waals surface area contributed by atoms with E-state index in [1.807, 2.05) is 24.3 Å². The van der Waals surface area contributed by atoms with E-state index in [4.69, 9.17) is 5.73 Å². The second-order valence-electron chi connectivity index (χ2n) is 5.95. The molecule has 1 aliphatic heterocycles. The number of nitrogens with two attached hydrogens (primary N) is 1. The van der Waals surface area contributed by atoms with Gasteiger partial charge in [-0.3, -0.25) is 0 Å². The molecule has 0 aliphatic carbocycles. The van der Waals surface area contributed by atoms with Crippen LogP contribution in [0, 0.1) is 0 Å². The first-order valence-electron chi connectivity index (χ1n) is 8.31. The Labute approximate surface area is 151 Å². The van der Waals surface area contributed by atoms with Crippen LogP contribution < -0.4 is 16.4 Å². The molecule has 0 unspecified atom stereocenters. The molecule has 2 heterocycles. The second-order valence-corrected chi connectivity index (χ2v) is 6.86. The SMILES string of the molecule is Nc1c(NCCN2CCCCC2)ncnc1Nc1ccc(Br)cc1. The fourth-order valence-corrected chi connectivity index (χ4v) is 3.09. The number of hydrogen-bond acceptors (Lipinski definition) is 6. The molecule has 0 radical (unpaired) electrons. The van der Waals surface area contributed by atoms with Crippen LogP contribution in [0.25, 0.3) is 0 Å². The van der Waals surface area contributed by atoms with Crippen molar-refractivity contribution in [3.63, 3.8) is 0 Å². The van der Waals surface area contributed by atoms with Crippen molar-refractivity contribution in [3.8, 4) is 0 Å². The Morgan fingerprint density at radius 2 is 1.75 bits per heavy atom. The summed E-state index contributed by atoms with van der Waals surface area (Å²) < 4.78 is 1.03. The third-order valence-corrected chi connectivity index (χ3v) is 4.69. The lowest BCUT2D eigenvalue weighted by molar-refractivity contribution is 0.237. The molecular weight excluding hydrogens is 368 g/mol. The largest absolute Gasteiger partial charge is 0.393 e. The van der Waals surface area contributed by atoms with E-state index in [-0.39, 0.29) is 0 Å². The van der Waals surface area contributed by atoms with Crippen LogP contribution >= 0.6 is 15.9 Å². The van der Waals surface area contributed by atoms with Crippen LogP contribution in [-0.2, 0) is 0 Å². The van der Waals surface area contributed by atoms with Crippen LogP contribution in [0.1, 0.15) is 19.3 Å². The third-order valence-electron chi connectivity index (χ3n) is 4.16. The van der Waals surface area contributed by atoms with Crippen LogP contribution in [0.3, 0.4) is 0 Å². The molecule has 128 valence electrons. The predicted octanol–water partition coefficient (Wildman–Crippen LogP) is 3.46. The van der Waals surface area contributed by atoms with Gasteiger partial charge in [-0.05, 0) is 50.2 Å². The highest BCUT2D eigenvalue weighted by molar-refractivity contribution is 9.10. The minimum Gasteiger partial charge on any atom is -0.393 e. The summed E-state index contributed by atoms with van der Waals surface area (Å²) in [5.74, 6) is 1.30. The molecule has 6 nitrogen and oxygen atoms in total. The number of benzene rings is 1. The number of likely N-dealkylation sites (tertiary alicyclic amines) is 1. The Bertz CT molecular complexity index is 655. The molecule has 7 heteroatoms. The summed E-state index contributed by atoms with van der Waals surface area (Å²) in [6.45, 7) is 4.23. The van der Waals surface area contributed by atoms with E-state index < -0.39 is 0 Å². The fourth-order valence-electron chi connectivity index (χ4n) is 2.82. The van der Waals surface area contributed by atoms with Gasteiger partial charge in [-0.15, -0.1) is 0 Å². The minimum absolute atomic E-state index is 0.541. The lowest BCUT2D eigenvalue weighted by Gasteiger charge is -2.26. The average Bonchev–Trinajstić information content (AvgIpc) is 2.61. The van der Waals surface area contributed by atoms with Crippen molar-refractivity contribution < 1.29 is 0 Å². The number of hydrogen-bond donors (Lipinski definition) is 3. The van der Waals surface area contributed by atoms with E-state index >= 15 is 0 Å². The molecule has 1 saturated heterocycles. The third kappa shape index (κ3) is 4.58. The Kier molecular flexibility index (Phi) is 5.87. The highest BCUT2D eigenvalue weighted by Crippen LogP contribution is 2.26. The van der Waals surface area contributed by atoms with Crippen molar-refractivity contribution in [2.24, 2.45) is 0 Å². The van der Waals surface area contributed by atoms with Gasteiger partial charge in [0.15, 0.2) is 11.6 Å². The van der Waals surface area contributed by atoms with Gasteiger partial charge in [-0.2, -0.15) is 0 Å². The van der Waals surface area contributed by atoms with Gasteiger partial charge in [0, 0.05) is 23.2 Å². The van der Waals surface area contributed by atoms with Crippen molar-refractivity contribution in [2.75, 3.05) is 42.5 Å². The summed E-state index contributed by atoms with van der Waals surface area (Å²) in [5, 5.41) is 6.56. The van der Waals surface area contributed by atoms with Crippen molar-refractivity contribution in [1.29, 1.82) is 0 Å². The molecule has 1 fully saturated rings. The second kappa shape index (κ2) is 8.30. The molecule has 0 bridgehead atoms. The summed E-state index contributed by atoms with van der Waals surface area (Å²) in [5.41, 5.74) is 7.68. The van der Waals surface area contributed by atoms with Gasteiger partial charge in [0.1, 0.15) is 12.0 Å². The molecule has 1 aromatic carbocycles. The van der Waals surface area contributed by atoms with Crippen LogP contribution in [0.2, 0.25) is 0 Å². The summed E-state index contributed by atoms with van der Waals surface area (Å²) in [6.07, 6.45) is 5.49. The van der Waals surface area contributed by atoms with Crippen molar-refractivity contribution in [1.82, 2.24) is 14.9 Å². The highest BCUT2D eigenvalue weighted by Gasteiger charge is 2.11. The van der Waals surface area contributed by atoms with Gasteiger partial charge in [0.25, 0.3) is 0 Å². The molecule has 3 rings (SSSR count). The Morgan fingerprint density at radius 1 is 1.04 bits per heavy atom. The maximum absolute atomic E-state index is 6.21. The van der Waals surface area contributed by atoms with Crippen molar-refractivity contribution in [3.05, 3.63) is 35.1 Å².